The molecule has 0 amide bonds. The summed E-state index contributed by atoms with van der Waals surface area (Å²) < 4.78 is 1.98. The normalized spacial score (nSPS) is 17.5. The van der Waals surface area contributed by atoms with E-state index in [0.29, 0.717) is 17.5 Å². The molecule has 22 heavy (non-hydrogen) atoms. The molecular weight excluding hydrogens is 278 g/mol. The molecule has 0 spiro atoms. The number of carboxylic acid groups (broad SMARTS) is 1. The number of nitrogens with zero attached hydrogens (tertiary/aromatic N) is 3. The molecule has 1 saturated heterocycles. The van der Waals surface area contributed by atoms with Crippen molar-refractivity contribution in [1.29, 1.82) is 0 Å². The van der Waals surface area contributed by atoms with Crippen molar-refractivity contribution in [3.8, 4) is 0 Å². The minimum Gasteiger partial charge on any atom is -0.476 e. The maximum absolute atomic E-state index is 11.5. The SMILES string of the molecule is Cc1ccc2c(C(=O)O)nc(C3CCN(C(C)C)CC3)n2c1. The van der Waals surface area contributed by atoms with Gasteiger partial charge in [0.25, 0.3) is 0 Å². The van der Waals surface area contributed by atoms with Gasteiger partial charge < -0.3 is 14.4 Å². The number of hydrogen-bond donors (Lipinski definition) is 1. The van der Waals surface area contributed by atoms with E-state index < -0.39 is 5.97 Å². The van der Waals surface area contributed by atoms with Gasteiger partial charge in [0, 0.05) is 18.2 Å². The van der Waals surface area contributed by atoms with Crippen LogP contribution in [0.15, 0.2) is 18.3 Å². The Morgan fingerprint density at radius 3 is 2.59 bits per heavy atom. The zero-order valence-electron chi connectivity index (χ0n) is 13.4. The van der Waals surface area contributed by atoms with Gasteiger partial charge in [-0.25, -0.2) is 9.78 Å². The van der Waals surface area contributed by atoms with Crippen LogP contribution >= 0.6 is 0 Å². The van der Waals surface area contributed by atoms with Gasteiger partial charge in [-0.1, -0.05) is 6.07 Å². The maximum Gasteiger partial charge on any atom is 0.356 e. The first-order chi connectivity index (χ1) is 10.5. The van der Waals surface area contributed by atoms with Crippen LogP contribution in [-0.2, 0) is 0 Å². The number of carbonyl (C=O) groups is 1. The van der Waals surface area contributed by atoms with Crippen molar-refractivity contribution in [2.45, 2.75) is 45.6 Å². The molecule has 1 N–H and O–H groups in total. The number of carboxylic acids is 1. The van der Waals surface area contributed by atoms with Gasteiger partial charge >= 0.3 is 5.97 Å². The molecule has 0 bridgehead atoms. The van der Waals surface area contributed by atoms with Gasteiger partial charge in [0.1, 0.15) is 5.82 Å². The lowest BCUT2D eigenvalue weighted by molar-refractivity contribution is 0.0693. The number of aromatic carboxylic acids is 1. The van der Waals surface area contributed by atoms with Crippen molar-refractivity contribution < 1.29 is 9.90 Å². The summed E-state index contributed by atoms with van der Waals surface area (Å²) in [6.45, 7) is 8.55. The minimum absolute atomic E-state index is 0.168. The number of fused-ring (bicyclic) bond motifs is 1. The monoisotopic (exact) mass is 301 g/mol. The number of pyridine rings is 1. The Balaban J connectivity index is 1.97. The predicted molar refractivity (Wildman–Crippen MR) is 85.6 cm³/mol. The Hall–Kier alpha value is -1.88. The van der Waals surface area contributed by atoms with Crippen LogP contribution < -0.4 is 0 Å². The average Bonchev–Trinajstić information content (AvgIpc) is 2.86. The zero-order chi connectivity index (χ0) is 15.9. The molecular formula is C17H23N3O2. The van der Waals surface area contributed by atoms with Crippen LogP contribution in [0.5, 0.6) is 0 Å². The third kappa shape index (κ3) is 2.61. The summed E-state index contributed by atoms with van der Waals surface area (Å²) in [7, 11) is 0. The molecule has 2 aromatic heterocycles. The Morgan fingerprint density at radius 2 is 2.00 bits per heavy atom. The predicted octanol–water partition coefficient (Wildman–Crippen LogP) is 2.93. The third-order valence-electron chi connectivity index (χ3n) is 4.64. The lowest BCUT2D eigenvalue weighted by Gasteiger charge is -2.34. The number of piperidine rings is 1. The molecule has 0 unspecified atom stereocenters. The second kappa shape index (κ2) is 5.72. The fourth-order valence-corrected chi connectivity index (χ4v) is 3.33. The van der Waals surface area contributed by atoms with Crippen LogP contribution in [0.1, 0.15) is 54.5 Å². The van der Waals surface area contributed by atoms with Crippen LogP contribution in [0.2, 0.25) is 0 Å². The van der Waals surface area contributed by atoms with Gasteiger partial charge in [-0.05, 0) is 58.3 Å². The van der Waals surface area contributed by atoms with Crippen molar-refractivity contribution >= 4 is 11.5 Å². The number of rotatable bonds is 3. The Bertz CT molecular complexity index is 697. The molecule has 0 atom stereocenters. The lowest BCUT2D eigenvalue weighted by atomic mass is 9.95. The molecule has 0 radical (unpaired) electrons. The maximum atomic E-state index is 11.5. The van der Waals surface area contributed by atoms with Crippen molar-refractivity contribution in [1.82, 2.24) is 14.3 Å². The highest BCUT2D eigenvalue weighted by Gasteiger charge is 2.27. The second-order valence-corrected chi connectivity index (χ2v) is 6.49. The summed E-state index contributed by atoms with van der Waals surface area (Å²) in [5, 5.41) is 9.39. The van der Waals surface area contributed by atoms with E-state index in [-0.39, 0.29) is 5.69 Å². The van der Waals surface area contributed by atoms with Gasteiger partial charge in [0.05, 0.1) is 5.52 Å². The number of hydrogen-bond acceptors (Lipinski definition) is 3. The van der Waals surface area contributed by atoms with Crippen LogP contribution in [0.3, 0.4) is 0 Å². The first-order valence-corrected chi connectivity index (χ1v) is 7.93. The van der Waals surface area contributed by atoms with E-state index in [1.807, 2.05) is 29.7 Å². The van der Waals surface area contributed by atoms with E-state index >= 15 is 0 Å². The summed E-state index contributed by atoms with van der Waals surface area (Å²) in [4.78, 5) is 18.4. The first-order valence-electron chi connectivity index (χ1n) is 7.93. The van der Waals surface area contributed by atoms with Crippen molar-refractivity contribution in [2.75, 3.05) is 13.1 Å². The number of imidazole rings is 1. The van der Waals surface area contributed by atoms with Crippen LogP contribution in [0.4, 0.5) is 0 Å². The van der Waals surface area contributed by atoms with Crippen molar-refractivity contribution in [2.24, 2.45) is 0 Å². The van der Waals surface area contributed by atoms with Crippen LogP contribution in [-0.4, -0.2) is 44.5 Å². The Labute approximate surface area is 130 Å². The highest BCUT2D eigenvalue weighted by molar-refractivity contribution is 5.93. The number of aryl methyl sites for hydroxylation is 1. The molecule has 5 nitrogen and oxygen atoms in total. The standard InChI is InChI=1S/C17H23N3O2/c1-11(2)19-8-6-13(7-9-19)16-18-15(17(21)22)14-5-4-12(3)10-20(14)16/h4-5,10-11,13H,6-9H2,1-3H3,(H,21,22). The highest BCUT2D eigenvalue weighted by atomic mass is 16.4. The zero-order valence-corrected chi connectivity index (χ0v) is 13.4. The van der Waals surface area contributed by atoms with Crippen molar-refractivity contribution in [3.05, 3.63) is 35.4 Å². The Kier molecular flexibility index (Phi) is 3.91. The second-order valence-electron chi connectivity index (χ2n) is 6.49. The molecule has 0 aliphatic carbocycles. The molecule has 0 saturated carbocycles. The topological polar surface area (TPSA) is 57.8 Å². The van der Waals surface area contributed by atoms with Crippen LogP contribution in [0.25, 0.3) is 5.52 Å². The summed E-state index contributed by atoms with van der Waals surface area (Å²) in [5.41, 5.74) is 1.98. The van der Waals surface area contributed by atoms with Gasteiger partial charge in [-0.2, -0.15) is 0 Å². The van der Waals surface area contributed by atoms with Gasteiger partial charge in [0.2, 0.25) is 0 Å². The number of likely N-dealkylation sites (tertiary alicyclic amines) is 1. The third-order valence-corrected chi connectivity index (χ3v) is 4.64. The van der Waals surface area contributed by atoms with E-state index in [4.69, 9.17) is 0 Å². The lowest BCUT2D eigenvalue weighted by Crippen LogP contribution is -2.38. The minimum atomic E-state index is -0.952. The van der Waals surface area contributed by atoms with E-state index in [1.54, 1.807) is 0 Å². The summed E-state index contributed by atoms with van der Waals surface area (Å²) in [5.74, 6) is 0.282. The fourth-order valence-electron chi connectivity index (χ4n) is 3.33. The molecule has 3 rings (SSSR count). The largest absolute Gasteiger partial charge is 0.476 e. The summed E-state index contributed by atoms with van der Waals surface area (Å²) in [6, 6.07) is 4.36. The van der Waals surface area contributed by atoms with Gasteiger partial charge in [-0.3, -0.25) is 0 Å². The summed E-state index contributed by atoms with van der Waals surface area (Å²) in [6.07, 6.45) is 4.06. The van der Waals surface area contributed by atoms with E-state index in [1.165, 1.54) is 0 Å². The van der Waals surface area contributed by atoms with Crippen LogP contribution in [0, 0.1) is 6.92 Å². The smallest absolute Gasteiger partial charge is 0.356 e. The molecule has 1 aliphatic rings. The fraction of sp³-hybridized carbons (Fsp3) is 0.529. The quantitative estimate of drug-likeness (QED) is 0.947. The van der Waals surface area contributed by atoms with E-state index in [2.05, 4.69) is 23.7 Å². The molecule has 0 aromatic carbocycles. The highest BCUT2D eigenvalue weighted by Crippen LogP contribution is 2.30. The van der Waals surface area contributed by atoms with Gasteiger partial charge in [-0.15, -0.1) is 0 Å². The van der Waals surface area contributed by atoms with E-state index in [9.17, 15) is 9.90 Å². The van der Waals surface area contributed by atoms with Crippen molar-refractivity contribution in [3.63, 3.8) is 0 Å². The summed E-state index contributed by atoms with van der Waals surface area (Å²) >= 11 is 0. The molecule has 2 aromatic rings. The molecule has 1 aliphatic heterocycles. The first kappa shape index (κ1) is 15.0. The average molecular weight is 301 g/mol. The Morgan fingerprint density at radius 1 is 1.32 bits per heavy atom. The number of aromatic nitrogens is 2. The molecule has 5 heteroatoms. The molecule has 1 fully saturated rings. The van der Waals surface area contributed by atoms with Gasteiger partial charge in [0.15, 0.2) is 5.69 Å². The molecule has 3 heterocycles. The molecule has 118 valence electrons. The van der Waals surface area contributed by atoms with E-state index in [0.717, 1.165) is 37.3 Å².